The highest BCUT2D eigenvalue weighted by Crippen LogP contribution is 2.33. The van der Waals surface area contributed by atoms with Crippen LogP contribution < -0.4 is 10.6 Å². The molecule has 0 spiro atoms. The highest BCUT2D eigenvalue weighted by Gasteiger charge is 2.38. The lowest BCUT2D eigenvalue weighted by molar-refractivity contribution is -0.159. The minimum Gasteiger partial charge on any atom is -0.372 e. The molecule has 33 heavy (non-hydrogen) atoms. The number of anilines is 2. The topological polar surface area (TPSA) is 137 Å². The van der Waals surface area contributed by atoms with Crippen LogP contribution in [0.5, 0.6) is 0 Å². The van der Waals surface area contributed by atoms with E-state index in [9.17, 15) is 13.2 Å². The first-order chi connectivity index (χ1) is 15.7. The number of aromatic nitrogens is 6. The van der Waals surface area contributed by atoms with Crippen molar-refractivity contribution in [3.63, 3.8) is 0 Å². The molecular weight excluding hydrogens is 461 g/mol. The van der Waals surface area contributed by atoms with E-state index < -0.39 is 12.1 Å². The molecule has 14 heteroatoms. The lowest BCUT2D eigenvalue weighted by Crippen LogP contribution is -2.19. The summed E-state index contributed by atoms with van der Waals surface area (Å²) in [5.41, 5.74) is 5.76. The molecule has 4 aromatic rings. The number of hydrogen-bond donors (Lipinski definition) is 1. The third kappa shape index (κ3) is 5.85. The predicted octanol–water partition coefficient (Wildman–Crippen LogP) is 3.45. The fraction of sp³-hybridized carbons (Fsp3) is 0.211. The van der Waals surface area contributed by atoms with E-state index in [0.29, 0.717) is 23.1 Å². The van der Waals surface area contributed by atoms with Crippen LogP contribution in [-0.2, 0) is 17.5 Å². The standard InChI is InChI=1S/C18H14F3N7OS.CH3NO/c1-10-11(2)25-15(8-24-10)28(14-7-22-5-6-23-14)9-12-3-4-13(30-12)16-26-17(29-27-16)18(19,20)21;2-1-3/h3-8H,9H2,1-2H3;1H,(H2,2,3). The highest BCUT2D eigenvalue weighted by molar-refractivity contribution is 7.15. The number of alkyl halides is 3. The van der Waals surface area contributed by atoms with Crippen LogP contribution in [0, 0.1) is 13.8 Å². The average molecular weight is 478 g/mol. The van der Waals surface area contributed by atoms with E-state index in [2.05, 4.69) is 40.3 Å². The smallest absolute Gasteiger partial charge is 0.372 e. The Bertz CT molecular complexity index is 1210. The van der Waals surface area contributed by atoms with E-state index in [0.717, 1.165) is 16.3 Å². The number of hydrogen-bond acceptors (Lipinski definition) is 10. The van der Waals surface area contributed by atoms with E-state index >= 15 is 0 Å². The van der Waals surface area contributed by atoms with Gasteiger partial charge in [-0.1, -0.05) is 5.16 Å². The number of nitrogens with two attached hydrogens (primary N) is 1. The van der Waals surface area contributed by atoms with E-state index in [1.54, 1.807) is 36.9 Å². The third-order valence-corrected chi connectivity index (χ3v) is 5.21. The van der Waals surface area contributed by atoms with Crippen molar-refractivity contribution in [2.24, 2.45) is 5.73 Å². The van der Waals surface area contributed by atoms with Crippen molar-refractivity contribution >= 4 is 29.4 Å². The average Bonchev–Trinajstić information content (AvgIpc) is 3.45. The molecule has 172 valence electrons. The highest BCUT2D eigenvalue weighted by atomic mass is 32.1. The van der Waals surface area contributed by atoms with Crippen molar-refractivity contribution in [1.82, 2.24) is 30.1 Å². The van der Waals surface area contributed by atoms with Crippen LogP contribution in [0.1, 0.15) is 22.2 Å². The molecule has 0 radical (unpaired) electrons. The molecule has 0 fully saturated rings. The Morgan fingerprint density at radius 2 is 1.85 bits per heavy atom. The van der Waals surface area contributed by atoms with Gasteiger partial charge in [-0.15, -0.1) is 11.3 Å². The number of carbonyl (C=O) groups excluding carboxylic acids is 1. The molecule has 10 nitrogen and oxygen atoms in total. The minimum absolute atomic E-state index is 0.115. The Labute approximate surface area is 189 Å². The Balaban J connectivity index is 0.000000968. The molecule has 0 unspecified atom stereocenters. The first-order valence-corrected chi connectivity index (χ1v) is 10.0. The van der Waals surface area contributed by atoms with Gasteiger partial charge < -0.3 is 15.2 Å². The van der Waals surface area contributed by atoms with Crippen LogP contribution >= 0.6 is 11.3 Å². The molecule has 2 N–H and O–H groups in total. The lowest BCUT2D eigenvalue weighted by Gasteiger charge is -2.22. The Morgan fingerprint density at radius 1 is 1.09 bits per heavy atom. The van der Waals surface area contributed by atoms with Crippen LogP contribution in [0.3, 0.4) is 0 Å². The molecule has 1 amide bonds. The summed E-state index contributed by atoms with van der Waals surface area (Å²) < 4.78 is 42.4. The van der Waals surface area contributed by atoms with Crippen molar-refractivity contribution in [3.05, 3.63) is 59.1 Å². The number of rotatable bonds is 5. The number of halogens is 3. The maximum Gasteiger partial charge on any atom is 0.471 e. The molecule has 4 rings (SSSR count). The Morgan fingerprint density at radius 3 is 2.45 bits per heavy atom. The van der Waals surface area contributed by atoms with Gasteiger partial charge in [-0.2, -0.15) is 18.2 Å². The molecule has 4 heterocycles. The van der Waals surface area contributed by atoms with Gasteiger partial charge in [0, 0.05) is 17.3 Å². The number of nitrogens with zero attached hydrogens (tertiary/aromatic N) is 7. The van der Waals surface area contributed by atoms with Gasteiger partial charge in [0.05, 0.1) is 35.2 Å². The predicted molar refractivity (Wildman–Crippen MR) is 112 cm³/mol. The van der Waals surface area contributed by atoms with Crippen molar-refractivity contribution in [2.45, 2.75) is 26.6 Å². The molecule has 0 aliphatic carbocycles. The number of amides is 1. The summed E-state index contributed by atoms with van der Waals surface area (Å²) in [6.45, 7) is 4.08. The van der Waals surface area contributed by atoms with E-state index in [1.807, 2.05) is 18.7 Å². The number of primary amides is 1. The summed E-state index contributed by atoms with van der Waals surface area (Å²) in [5, 5.41) is 3.43. The van der Waals surface area contributed by atoms with Crippen LogP contribution in [-0.4, -0.2) is 36.5 Å². The largest absolute Gasteiger partial charge is 0.471 e. The zero-order valence-electron chi connectivity index (χ0n) is 17.3. The monoisotopic (exact) mass is 478 g/mol. The SMILES string of the molecule is Cc1ncc(N(Cc2ccc(-c3noc(C(F)(F)F)n3)s2)c2cnccn2)nc1C.NC=O. The quantitative estimate of drug-likeness (QED) is 0.428. The van der Waals surface area contributed by atoms with Gasteiger partial charge in [0.15, 0.2) is 11.6 Å². The molecule has 0 saturated heterocycles. The molecule has 0 bridgehead atoms. The first kappa shape index (κ1) is 23.7. The Kier molecular flexibility index (Phi) is 7.27. The Hall–Kier alpha value is -3.94. The van der Waals surface area contributed by atoms with Crippen LogP contribution in [0.4, 0.5) is 24.8 Å². The van der Waals surface area contributed by atoms with Gasteiger partial charge in [-0.3, -0.25) is 14.8 Å². The normalized spacial score (nSPS) is 10.9. The van der Waals surface area contributed by atoms with Crippen molar-refractivity contribution in [3.8, 4) is 10.7 Å². The molecule has 0 saturated carbocycles. The van der Waals surface area contributed by atoms with Crippen LogP contribution in [0.25, 0.3) is 10.7 Å². The van der Waals surface area contributed by atoms with Crippen LogP contribution in [0.2, 0.25) is 0 Å². The first-order valence-electron chi connectivity index (χ1n) is 9.22. The van der Waals surface area contributed by atoms with Crippen molar-refractivity contribution < 1.29 is 22.5 Å². The number of carbonyl (C=O) groups is 1. The minimum atomic E-state index is -4.68. The maximum atomic E-state index is 12.7. The second kappa shape index (κ2) is 10.1. The molecule has 4 aromatic heterocycles. The van der Waals surface area contributed by atoms with Gasteiger partial charge in [0.1, 0.15) is 0 Å². The molecule has 0 aromatic carbocycles. The van der Waals surface area contributed by atoms with Gasteiger partial charge >= 0.3 is 12.1 Å². The van der Waals surface area contributed by atoms with Gasteiger partial charge in [-0.25, -0.2) is 9.97 Å². The second-order valence-electron chi connectivity index (χ2n) is 6.37. The summed E-state index contributed by atoms with van der Waals surface area (Å²) >= 11 is 1.24. The van der Waals surface area contributed by atoms with Gasteiger partial charge in [0.25, 0.3) is 0 Å². The fourth-order valence-electron chi connectivity index (χ4n) is 2.55. The van der Waals surface area contributed by atoms with E-state index in [4.69, 9.17) is 4.79 Å². The summed E-state index contributed by atoms with van der Waals surface area (Å²) in [7, 11) is 0. The fourth-order valence-corrected chi connectivity index (χ4v) is 3.47. The van der Waals surface area contributed by atoms with E-state index in [-0.39, 0.29) is 12.2 Å². The summed E-state index contributed by atoms with van der Waals surface area (Å²) in [6, 6.07) is 3.42. The summed E-state index contributed by atoms with van der Waals surface area (Å²) in [4.78, 5) is 32.5. The zero-order chi connectivity index (χ0) is 24.0. The lowest BCUT2D eigenvalue weighted by atomic mass is 10.3. The van der Waals surface area contributed by atoms with Gasteiger partial charge in [0.2, 0.25) is 12.2 Å². The molecular formula is C19H17F3N8O2S. The van der Waals surface area contributed by atoms with Crippen molar-refractivity contribution in [2.75, 3.05) is 4.90 Å². The van der Waals surface area contributed by atoms with Crippen molar-refractivity contribution in [1.29, 1.82) is 0 Å². The summed E-state index contributed by atoms with van der Waals surface area (Å²) in [6.07, 6.45) is 1.93. The van der Waals surface area contributed by atoms with Gasteiger partial charge in [-0.05, 0) is 26.0 Å². The number of thiophene rings is 1. The second-order valence-corrected chi connectivity index (χ2v) is 7.54. The maximum absolute atomic E-state index is 12.7. The third-order valence-electron chi connectivity index (χ3n) is 4.15. The van der Waals surface area contributed by atoms with E-state index in [1.165, 1.54) is 11.3 Å². The van der Waals surface area contributed by atoms with Crippen LogP contribution in [0.15, 0.2) is 41.4 Å². The zero-order valence-corrected chi connectivity index (χ0v) is 18.1. The number of aryl methyl sites for hydroxylation is 2. The molecule has 0 aliphatic heterocycles. The molecule has 0 atom stereocenters. The molecule has 0 aliphatic rings. The summed E-state index contributed by atoms with van der Waals surface area (Å²) in [5.74, 6) is -0.356.